The van der Waals surface area contributed by atoms with E-state index >= 15 is 0 Å². The molecule has 1 aliphatic carbocycles. The Morgan fingerprint density at radius 3 is 2.87 bits per heavy atom. The van der Waals surface area contributed by atoms with Crippen LogP contribution in [0.25, 0.3) is 22.2 Å². The van der Waals surface area contributed by atoms with Gasteiger partial charge in [0.1, 0.15) is 5.01 Å². The monoisotopic (exact) mass is 445 g/mol. The molecule has 2 heterocycles. The molecule has 1 aliphatic rings. The zero-order valence-electron chi connectivity index (χ0n) is 17.0. The van der Waals surface area contributed by atoms with Gasteiger partial charge in [0.25, 0.3) is 0 Å². The molecule has 0 unspecified atom stereocenters. The fourth-order valence-corrected chi connectivity index (χ4v) is 5.30. The summed E-state index contributed by atoms with van der Waals surface area (Å²) in [5, 5.41) is 13.9. The Bertz CT molecular complexity index is 1330. The van der Waals surface area contributed by atoms with Crippen LogP contribution in [0.1, 0.15) is 45.9 Å². The number of Topliss-reactive ketones (excluding diaryl/α,β-unsaturated/α-hetero) is 1. The molecule has 0 spiro atoms. The van der Waals surface area contributed by atoms with Gasteiger partial charge in [-0.3, -0.25) is 4.79 Å². The first-order chi connectivity index (χ1) is 15.0. The number of rotatable bonds is 4. The number of nitrogens with zero attached hydrogens (tertiary/aromatic N) is 2. The summed E-state index contributed by atoms with van der Waals surface area (Å²) in [7, 11) is 0. The lowest BCUT2D eigenvalue weighted by Gasteiger charge is -2.18. The van der Waals surface area contributed by atoms with Crippen molar-refractivity contribution in [3.63, 3.8) is 0 Å². The number of H-pyrrole nitrogens is 1. The van der Waals surface area contributed by atoms with Gasteiger partial charge in [0.15, 0.2) is 11.7 Å². The molecular formula is C25H20ClN3OS. The fraction of sp³-hybridized carbons (Fsp3) is 0.240. The Labute approximate surface area is 189 Å². The summed E-state index contributed by atoms with van der Waals surface area (Å²) in [5.74, 6) is -0.489. The summed E-state index contributed by atoms with van der Waals surface area (Å²) in [6, 6.07) is 15.3. The van der Waals surface area contributed by atoms with E-state index in [2.05, 4.69) is 23.0 Å². The van der Waals surface area contributed by atoms with E-state index in [4.69, 9.17) is 11.6 Å². The fourth-order valence-electron chi connectivity index (χ4n) is 4.31. The number of aryl methyl sites for hydroxylation is 1. The van der Waals surface area contributed by atoms with Gasteiger partial charge in [0.2, 0.25) is 0 Å². The second-order valence-corrected chi connectivity index (χ2v) is 9.52. The van der Waals surface area contributed by atoms with Crippen molar-refractivity contribution < 1.29 is 4.79 Å². The molecule has 0 fully saturated rings. The number of nitriles is 1. The van der Waals surface area contributed by atoms with Crippen molar-refractivity contribution >= 4 is 39.6 Å². The molecule has 5 rings (SSSR count). The Morgan fingerprint density at radius 2 is 2.10 bits per heavy atom. The lowest BCUT2D eigenvalue weighted by Crippen LogP contribution is -2.11. The van der Waals surface area contributed by atoms with E-state index in [1.54, 1.807) is 12.1 Å². The number of fused-ring (bicyclic) bond motifs is 3. The van der Waals surface area contributed by atoms with Gasteiger partial charge in [-0.05, 0) is 61.1 Å². The van der Waals surface area contributed by atoms with Crippen LogP contribution in [-0.2, 0) is 12.8 Å². The molecule has 0 amide bonds. The molecule has 4 nitrogen and oxygen atoms in total. The standard InChI is InChI=1S/C25H20ClN3OS/c1-14-2-8-21-18(10-14)19-11-16(5-9-22(19)28-21)24(30)20(12-27)25-29-23(13-31-25)15-3-6-17(26)7-4-15/h3-7,9,11,13-14,20,28H,2,8,10H2,1H3/t14-,20-/m0/s1. The SMILES string of the molecule is C[C@H]1CCc2[nH]c3ccc(C(=O)[C@H](C#N)c4nc(-c5ccc(Cl)cc5)cs4)cc3c2C1. The zero-order valence-corrected chi connectivity index (χ0v) is 18.6. The molecule has 0 saturated carbocycles. The van der Waals surface area contributed by atoms with Crippen LogP contribution in [-0.4, -0.2) is 15.8 Å². The van der Waals surface area contributed by atoms with E-state index in [1.165, 1.54) is 29.0 Å². The summed E-state index contributed by atoms with van der Waals surface area (Å²) >= 11 is 7.30. The van der Waals surface area contributed by atoms with Crippen LogP contribution in [0.15, 0.2) is 47.8 Å². The zero-order chi connectivity index (χ0) is 21.5. The number of ketones is 1. The van der Waals surface area contributed by atoms with Gasteiger partial charge < -0.3 is 4.98 Å². The van der Waals surface area contributed by atoms with Gasteiger partial charge in [-0.2, -0.15) is 5.26 Å². The van der Waals surface area contributed by atoms with Crippen molar-refractivity contribution in [2.24, 2.45) is 5.92 Å². The lowest BCUT2D eigenvalue weighted by atomic mass is 9.87. The first kappa shape index (κ1) is 20.0. The number of aromatic nitrogens is 2. The number of aromatic amines is 1. The molecule has 2 atom stereocenters. The molecule has 0 bridgehead atoms. The highest BCUT2D eigenvalue weighted by Gasteiger charge is 2.27. The number of hydrogen-bond donors (Lipinski definition) is 1. The smallest absolute Gasteiger partial charge is 0.186 e. The third kappa shape index (κ3) is 3.67. The van der Waals surface area contributed by atoms with E-state index in [-0.39, 0.29) is 5.78 Å². The van der Waals surface area contributed by atoms with Crippen molar-refractivity contribution in [3.8, 4) is 17.3 Å². The van der Waals surface area contributed by atoms with E-state index in [0.29, 0.717) is 21.5 Å². The van der Waals surface area contributed by atoms with Crippen LogP contribution < -0.4 is 0 Å². The molecule has 0 aliphatic heterocycles. The number of halogens is 1. The molecule has 0 radical (unpaired) electrons. The number of thiazole rings is 1. The summed E-state index contributed by atoms with van der Waals surface area (Å²) in [4.78, 5) is 21.4. The van der Waals surface area contributed by atoms with Gasteiger partial charge >= 0.3 is 0 Å². The Balaban J connectivity index is 1.47. The predicted molar refractivity (Wildman–Crippen MR) is 125 cm³/mol. The third-order valence-corrected chi connectivity index (χ3v) is 7.18. The normalized spacial score (nSPS) is 16.6. The average molecular weight is 446 g/mol. The number of benzene rings is 2. The van der Waals surface area contributed by atoms with Crippen LogP contribution in [0, 0.1) is 17.2 Å². The molecular weight excluding hydrogens is 426 g/mol. The quantitative estimate of drug-likeness (QED) is 0.361. The van der Waals surface area contributed by atoms with Crippen molar-refractivity contribution in [2.75, 3.05) is 0 Å². The maximum Gasteiger partial charge on any atom is 0.186 e. The first-order valence-electron chi connectivity index (χ1n) is 10.3. The minimum Gasteiger partial charge on any atom is -0.358 e. The van der Waals surface area contributed by atoms with Crippen LogP contribution in [0.3, 0.4) is 0 Å². The van der Waals surface area contributed by atoms with Crippen LogP contribution in [0.5, 0.6) is 0 Å². The number of nitrogens with one attached hydrogen (secondary N) is 1. The molecule has 4 aromatic rings. The summed E-state index contributed by atoms with van der Waals surface area (Å²) in [6.07, 6.45) is 3.25. The molecule has 6 heteroatoms. The van der Waals surface area contributed by atoms with Crippen LogP contribution >= 0.6 is 22.9 Å². The van der Waals surface area contributed by atoms with E-state index in [0.717, 1.165) is 35.0 Å². The minimum absolute atomic E-state index is 0.208. The molecule has 31 heavy (non-hydrogen) atoms. The van der Waals surface area contributed by atoms with Crippen LogP contribution in [0.4, 0.5) is 0 Å². The maximum absolute atomic E-state index is 13.3. The van der Waals surface area contributed by atoms with E-state index < -0.39 is 5.92 Å². The summed E-state index contributed by atoms with van der Waals surface area (Å²) in [6.45, 7) is 2.27. The van der Waals surface area contributed by atoms with Crippen molar-refractivity contribution in [1.29, 1.82) is 5.26 Å². The van der Waals surface area contributed by atoms with E-state index in [9.17, 15) is 10.1 Å². The number of carbonyl (C=O) groups excluding carboxylic acids is 1. The second kappa shape index (κ2) is 7.96. The van der Waals surface area contributed by atoms with Gasteiger partial charge in [-0.1, -0.05) is 30.7 Å². The third-order valence-electron chi connectivity index (χ3n) is 6.02. The Kier molecular flexibility index (Phi) is 5.13. The summed E-state index contributed by atoms with van der Waals surface area (Å²) in [5.41, 5.74) is 5.86. The molecule has 2 aromatic carbocycles. The van der Waals surface area contributed by atoms with Gasteiger partial charge in [-0.25, -0.2) is 4.98 Å². The Morgan fingerprint density at radius 1 is 1.29 bits per heavy atom. The topological polar surface area (TPSA) is 69.5 Å². The Hall–Kier alpha value is -2.94. The van der Waals surface area contributed by atoms with Crippen molar-refractivity contribution in [3.05, 3.63) is 74.7 Å². The predicted octanol–water partition coefficient (Wildman–Crippen LogP) is 6.56. The molecule has 0 saturated heterocycles. The van der Waals surface area contributed by atoms with Gasteiger partial charge in [-0.15, -0.1) is 11.3 Å². The number of carbonyl (C=O) groups is 1. The molecule has 154 valence electrons. The van der Waals surface area contributed by atoms with E-state index in [1.807, 2.05) is 35.7 Å². The van der Waals surface area contributed by atoms with Crippen molar-refractivity contribution in [2.45, 2.75) is 32.1 Å². The largest absolute Gasteiger partial charge is 0.358 e. The van der Waals surface area contributed by atoms with Gasteiger partial charge in [0.05, 0.1) is 11.8 Å². The lowest BCUT2D eigenvalue weighted by molar-refractivity contribution is 0.0979. The average Bonchev–Trinajstić information content (AvgIpc) is 3.39. The summed E-state index contributed by atoms with van der Waals surface area (Å²) < 4.78 is 0. The second-order valence-electron chi connectivity index (χ2n) is 8.19. The maximum atomic E-state index is 13.3. The van der Waals surface area contributed by atoms with Gasteiger partial charge in [0, 0.05) is 38.1 Å². The van der Waals surface area contributed by atoms with Crippen molar-refractivity contribution in [1.82, 2.24) is 9.97 Å². The molecule has 2 aromatic heterocycles. The minimum atomic E-state index is -0.919. The van der Waals surface area contributed by atoms with Crippen LogP contribution in [0.2, 0.25) is 5.02 Å². The highest BCUT2D eigenvalue weighted by atomic mass is 35.5. The highest BCUT2D eigenvalue weighted by Crippen LogP contribution is 2.34. The first-order valence-corrected chi connectivity index (χ1v) is 11.6. The number of hydrogen-bond acceptors (Lipinski definition) is 4. The molecule has 1 N–H and O–H groups in total. The highest BCUT2D eigenvalue weighted by molar-refractivity contribution is 7.10.